The van der Waals surface area contributed by atoms with Gasteiger partial charge in [0.05, 0.1) is 24.0 Å². The average molecular weight is 468 g/mol. The van der Waals surface area contributed by atoms with E-state index in [1.807, 2.05) is 27.7 Å². The Morgan fingerprint density at radius 1 is 1.16 bits per heavy atom. The van der Waals surface area contributed by atoms with E-state index in [0.29, 0.717) is 0 Å². The molecule has 2 aliphatic rings. The van der Waals surface area contributed by atoms with E-state index >= 15 is 0 Å². The number of rotatable bonds is 4. The van der Waals surface area contributed by atoms with Gasteiger partial charge in [-0.1, -0.05) is 45.4 Å². The molecule has 2 aliphatic carbocycles. The number of amides is 1. The van der Waals surface area contributed by atoms with Gasteiger partial charge in [0, 0.05) is 16.5 Å². The third kappa shape index (κ3) is 4.33. The number of alkyl halides is 1. The minimum atomic E-state index is -1.18. The maximum atomic E-state index is 14.3. The van der Waals surface area contributed by atoms with Crippen LogP contribution in [-0.4, -0.2) is 35.1 Å². The molecule has 8 heteroatoms. The molecule has 3 atom stereocenters. The Kier molecular flexibility index (Phi) is 6.55. The molecule has 32 heavy (non-hydrogen) atoms. The molecule has 0 aromatic heterocycles. The Labute approximate surface area is 191 Å². The van der Waals surface area contributed by atoms with E-state index in [4.69, 9.17) is 11.6 Å². The summed E-state index contributed by atoms with van der Waals surface area (Å²) in [6, 6.07) is 1.70. The number of carbonyl (C=O) groups excluding carboxylic acids is 2. The second-order valence-corrected chi connectivity index (χ2v) is 9.87. The lowest BCUT2D eigenvalue weighted by atomic mass is 9.61. The fourth-order valence-corrected chi connectivity index (χ4v) is 5.07. The van der Waals surface area contributed by atoms with Gasteiger partial charge in [-0.2, -0.15) is 0 Å². The molecule has 0 heterocycles. The van der Waals surface area contributed by atoms with E-state index in [0.717, 1.165) is 23.3 Å². The van der Waals surface area contributed by atoms with E-state index in [1.165, 1.54) is 6.92 Å². The highest BCUT2D eigenvalue weighted by molar-refractivity contribution is 6.23. The van der Waals surface area contributed by atoms with Crippen molar-refractivity contribution in [3.63, 3.8) is 0 Å². The third-order valence-electron chi connectivity index (χ3n) is 6.25. The topological polar surface area (TPSA) is 75.6 Å². The molecule has 5 nitrogen and oxygen atoms in total. The highest BCUT2D eigenvalue weighted by Gasteiger charge is 2.48. The lowest BCUT2D eigenvalue weighted by Crippen LogP contribution is -2.47. The summed E-state index contributed by atoms with van der Waals surface area (Å²) in [5.74, 6) is -4.94. The highest BCUT2D eigenvalue weighted by Crippen LogP contribution is 2.52. The molecule has 0 saturated heterocycles. The van der Waals surface area contributed by atoms with Crippen LogP contribution in [0.4, 0.5) is 14.5 Å². The van der Waals surface area contributed by atoms with Crippen molar-refractivity contribution in [2.45, 2.75) is 52.5 Å². The summed E-state index contributed by atoms with van der Waals surface area (Å²) in [5, 5.41) is 12.5. The van der Waals surface area contributed by atoms with E-state index in [1.54, 1.807) is 0 Å². The molecule has 0 bridgehead atoms. The van der Waals surface area contributed by atoms with Gasteiger partial charge >= 0.3 is 5.97 Å². The van der Waals surface area contributed by atoms with Crippen LogP contribution in [0, 0.1) is 28.4 Å². The van der Waals surface area contributed by atoms with Crippen LogP contribution in [0.3, 0.4) is 0 Å². The molecule has 0 aliphatic heterocycles. The average Bonchev–Trinajstić information content (AvgIpc) is 2.67. The maximum Gasteiger partial charge on any atom is 0.344 e. The molecule has 1 amide bonds. The second kappa shape index (κ2) is 8.60. The minimum Gasteiger partial charge on any atom is -0.462 e. The summed E-state index contributed by atoms with van der Waals surface area (Å²) in [7, 11) is 0. The molecule has 174 valence electrons. The molecule has 1 aromatic rings. The summed E-state index contributed by atoms with van der Waals surface area (Å²) in [6.45, 7) is 9.54. The first-order chi connectivity index (χ1) is 14.8. The molecule has 1 aromatic carbocycles. The summed E-state index contributed by atoms with van der Waals surface area (Å²) >= 11 is 6.64. The number of hydrogen-bond donors (Lipinski definition) is 2. The van der Waals surface area contributed by atoms with Crippen LogP contribution in [0.15, 0.2) is 35.4 Å². The van der Waals surface area contributed by atoms with Crippen LogP contribution >= 0.6 is 11.6 Å². The quantitative estimate of drug-likeness (QED) is 0.372. The van der Waals surface area contributed by atoms with E-state index < -0.39 is 46.5 Å². The molecule has 2 N–H and O–H groups in total. The summed E-state index contributed by atoms with van der Waals surface area (Å²) in [4.78, 5) is 24.8. The number of halogens is 3. The Morgan fingerprint density at radius 3 is 2.28 bits per heavy atom. The van der Waals surface area contributed by atoms with Gasteiger partial charge < -0.3 is 15.2 Å². The van der Waals surface area contributed by atoms with Crippen molar-refractivity contribution >= 4 is 29.2 Å². The van der Waals surface area contributed by atoms with Crippen molar-refractivity contribution in [3.05, 3.63) is 52.6 Å². The van der Waals surface area contributed by atoms with Crippen LogP contribution in [0.5, 0.6) is 0 Å². The molecular formula is C24H28ClF2NO4. The van der Waals surface area contributed by atoms with Crippen molar-refractivity contribution in [2.75, 3.05) is 11.9 Å². The number of hydrogen-bond acceptors (Lipinski definition) is 4. The zero-order chi connectivity index (χ0) is 24.0. The Bertz CT molecular complexity index is 992. The highest BCUT2D eigenvalue weighted by atomic mass is 35.5. The lowest BCUT2D eigenvalue weighted by Gasteiger charge is -2.47. The fraction of sp³-hybridized carbons (Fsp3) is 0.500. The standard InChI is InChI=1S/C24H28ClF2NO4/c1-6-32-22(31)17-15(26)9-12(10-16(17)27)28-21(30)13-11-14-18(19(25)20(13)29)24(4,5)8-7-23(14,2)3/h7-10,13,19-20,29H,6,11H2,1-5H3,(H,28,30). The normalized spacial score (nSPS) is 25.8. The second-order valence-electron chi connectivity index (χ2n) is 9.40. The summed E-state index contributed by atoms with van der Waals surface area (Å²) < 4.78 is 33.3. The number of allylic oxidation sites excluding steroid dienone is 3. The zero-order valence-corrected chi connectivity index (χ0v) is 19.5. The number of aliphatic hydroxyl groups is 1. The smallest absolute Gasteiger partial charge is 0.344 e. The first kappa shape index (κ1) is 24.4. The van der Waals surface area contributed by atoms with Crippen LogP contribution in [0.1, 0.15) is 51.4 Å². The zero-order valence-electron chi connectivity index (χ0n) is 18.8. The molecular weight excluding hydrogens is 440 g/mol. The predicted molar refractivity (Wildman–Crippen MR) is 118 cm³/mol. The first-order valence-corrected chi connectivity index (χ1v) is 11.0. The van der Waals surface area contributed by atoms with Gasteiger partial charge in [0.2, 0.25) is 5.91 Å². The molecule has 0 spiro atoms. The van der Waals surface area contributed by atoms with Crippen molar-refractivity contribution in [3.8, 4) is 0 Å². The van der Waals surface area contributed by atoms with Crippen molar-refractivity contribution in [2.24, 2.45) is 16.7 Å². The van der Waals surface area contributed by atoms with Gasteiger partial charge in [0.25, 0.3) is 0 Å². The van der Waals surface area contributed by atoms with Crippen molar-refractivity contribution < 1.29 is 28.2 Å². The predicted octanol–water partition coefficient (Wildman–Crippen LogP) is 4.99. The number of benzene rings is 1. The number of esters is 1. The Morgan fingerprint density at radius 2 is 1.72 bits per heavy atom. The summed E-state index contributed by atoms with van der Waals surface area (Å²) in [5.41, 5.74) is 0.172. The van der Waals surface area contributed by atoms with E-state index in [9.17, 15) is 23.5 Å². The molecule has 0 radical (unpaired) electrons. The van der Waals surface area contributed by atoms with Crippen LogP contribution in [0.2, 0.25) is 0 Å². The Hall–Kier alpha value is -2.25. The first-order valence-electron chi connectivity index (χ1n) is 10.5. The van der Waals surface area contributed by atoms with E-state index in [-0.39, 0.29) is 29.5 Å². The van der Waals surface area contributed by atoms with Crippen LogP contribution in [-0.2, 0) is 9.53 Å². The molecule has 3 unspecified atom stereocenters. The largest absolute Gasteiger partial charge is 0.462 e. The number of anilines is 1. The van der Waals surface area contributed by atoms with Gasteiger partial charge in [-0.15, -0.1) is 11.6 Å². The van der Waals surface area contributed by atoms with Gasteiger partial charge in [0.1, 0.15) is 17.2 Å². The van der Waals surface area contributed by atoms with Crippen LogP contribution < -0.4 is 5.32 Å². The monoisotopic (exact) mass is 467 g/mol. The van der Waals surface area contributed by atoms with E-state index in [2.05, 4.69) is 22.2 Å². The van der Waals surface area contributed by atoms with Gasteiger partial charge in [-0.3, -0.25) is 4.79 Å². The summed E-state index contributed by atoms with van der Waals surface area (Å²) in [6.07, 6.45) is 3.22. The number of ether oxygens (including phenoxy) is 1. The minimum absolute atomic E-state index is 0.0322. The van der Waals surface area contributed by atoms with Crippen molar-refractivity contribution in [1.82, 2.24) is 0 Å². The van der Waals surface area contributed by atoms with Gasteiger partial charge in [-0.05, 0) is 31.1 Å². The number of aliphatic hydroxyl groups excluding tert-OH is 1. The Balaban J connectivity index is 1.88. The lowest BCUT2D eigenvalue weighted by molar-refractivity contribution is -0.123. The van der Waals surface area contributed by atoms with Gasteiger partial charge in [-0.25, -0.2) is 13.6 Å². The molecule has 0 fully saturated rings. The SMILES string of the molecule is CCOC(=O)c1c(F)cc(NC(=O)C2CC3=C(C(Cl)C2O)C(C)(C)C=CC3(C)C)cc1F. The third-order valence-corrected chi connectivity index (χ3v) is 6.73. The molecule has 0 saturated carbocycles. The van der Waals surface area contributed by atoms with Crippen molar-refractivity contribution in [1.29, 1.82) is 0 Å². The maximum absolute atomic E-state index is 14.3. The molecule has 3 rings (SSSR count). The number of nitrogens with one attached hydrogen (secondary N) is 1. The van der Waals surface area contributed by atoms with Gasteiger partial charge in [0.15, 0.2) is 0 Å². The fourth-order valence-electron chi connectivity index (χ4n) is 4.48. The number of carbonyl (C=O) groups is 2. The van der Waals surface area contributed by atoms with Crippen LogP contribution in [0.25, 0.3) is 0 Å².